The van der Waals surface area contributed by atoms with Crippen molar-refractivity contribution in [3.05, 3.63) is 48.0 Å². The first-order chi connectivity index (χ1) is 9.91. The van der Waals surface area contributed by atoms with Gasteiger partial charge in [0.05, 0.1) is 10.6 Å². The van der Waals surface area contributed by atoms with Crippen LogP contribution in [0.15, 0.2) is 47.4 Å². The van der Waals surface area contributed by atoms with Crippen LogP contribution < -0.4 is 15.6 Å². The largest absolute Gasteiger partial charge is 0.455 e. The maximum Gasteiger partial charge on any atom is 0.238 e. The number of hydrogen-bond donors (Lipinski definition) is 3. The number of para-hydroxylation sites is 1. The summed E-state index contributed by atoms with van der Waals surface area (Å²) in [7, 11) is -3.83. The lowest BCUT2D eigenvalue weighted by molar-refractivity contribution is 0.298. The van der Waals surface area contributed by atoms with Gasteiger partial charge in [0.25, 0.3) is 0 Å². The molecule has 2 aromatic carbocycles. The number of hydrogen-bond acceptors (Lipinski definition) is 5. The number of anilines is 1. The minimum Gasteiger partial charge on any atom is -0.455 e. The quantitative estimate of drug-likeness (QED) is 0.719. The molecule has 0 aliphatic heterocycles. The minimum absolute atomic E-state index is 0.0208. The molecular formula is C14H16N2O4S. The second kappa shape index (κ2) is 6.13. The summed E-state index contributed by atoms with van der Waals surface area (Å²) in [5, 5.41) is 14.1. The summed E-state index contributed by atoms with van der Waals surface area (Å²) in [4.78, 5) is -0.0775. The predicted octanol–water partition coefficient (Wildman–Crippen LogP) is 1.24. The molecule has 0 unspecified atom stereocenters. The van der Waals surface area contributed by atoms with E-state index in [4.69, 9.17) is 20.7 Å². The van der Waals surface area contributed by atoms with Crippen molar-refractivity contribution in [2.24, 2.45) is 5.14 Å². The molecule has 0 fully saturated rings. The Kier molecular flexibility index (Phi) is 4.46. The summed E-state index contributed by atoms with van der Waals surface area (Å²) in [6.45, 7) is -0.0208. The Hall–Kier alpha value is -2.09. The van der Waals surface area contributed by atoms with E-state index in [1.165, 1.54) is 18.2 Å². The molecule has 0 amide bonds. The SMILES string of the molecule is Nc1ccc(S(N)(=O)=O)cc1Oc1ccccc1CCO. The minimum atomic E-state index is -3.83. The molecule has 0 radical (unpaired) electrons. The molecule has 0 saturated carbocycles. The predicted molar refractivity (Wildman–Crippen MR) is 79.5 cm³/mol. The Morgan fingerprint density at radius 2 is 1.81 bits per heavy atom. The molecule has 7 heteroatoms. The third-order valence-corrected chi connectivity index (χ3v) is 3.80. The maximum atomic E-state index is 11.4. The lowest BCUT2D eigenvalue weighted by Crippen LogP contribution is -2.12. The van der Waals surface area contributed by atoms with E-state index in [9.17, 15) is 8.42 Å². The van der Waals surface area contributed by atoms with E-state index >= 15 is 0 Å². The molecule has 2 aromatic rings. The normalized spacial score (nSPS) is 11.3. The molecule has 0 aromatic heterocycles. The molecule has 21 heavy (non-hydrogen) atoms. The Bertz CT molecular complexity index is 744. The number of aliphatic hydroxyl groups excluding tert-OH is 1. The fourth-order valence-electron chi connectivity index (χ4n) is 1.83. The molecule has 0 heterocycles. The van der Waals surface area contributed by atoms with E-state index in [1.807, 2.05) is 12.1 Å². The monoisotopic (exact) mass is 308 g/mol. The first kappa shape index (κ1) is 15.3. The van der Waals surface area contributed by atoms with Gasteiger partial charge in [-0.05, 0) is 30.2 Å². The van der Waals surface area contributed by atoms with E-state index in [0.717, 1.165) is 5.56 Å². The van der Waals surface area contributed by atoms with Gasteiger partial charge in [0.15, 0.2) is 5.75 Å². The van der Waals surface area contributed by atoms with Crippen molar-refractivity contribution in [1.82, 2.24) is 0 Å². The highest BCUT2D eigenvalue weighted by Crippen LogP contribution is 2.31. The Balaban J connectivity index is 2.40. The number of sulfonamides is 1. The van der Waals surface area contributed by atoms with Gasteiger partial charge in [0.1, 0.15) is 5.75 Å². The third-order valence-electron chi connectivity index (χ3n) is 2.89. The molecule has 0 bridgehead atoms. The van der Waals surface area contributed by atoms with Crippen LogP contribution in [0.5, 0.6) is 11.5 Å². The van der Waals surface area contributed by atoms with Crippen LogP contribution in [0.3, 0.4) is 0 Å². The maximum absolute atomic E-state index is 11.4. The lowest BCUT2D eigenvalue weighted by atomic mass is 10.1. The topological polar surface area (TPSA) is 116 Å². The number of rotatable bonds is 5. The van der Waals surface area contributed by atoms with Gasteiger partial charge >= 0.3 is 0 Å². The van der Waals surface area contributed by atoms with Gasteiger partial charge in [-0.25, -0.2) is 13.6 Å². The molecular weight excluding hydrogens is 292 g/mol. The van der Waals surface area contributed by atoms with Crippen LogP contribution in [0.25, 0.3) is 0 Å². The second-order valence-corrected chi connectivity index (χ2v) is 5.99. The van der Waals surface area contributed by atoms with Gasteiger partial charge in [-0.3, -0.25) is 0 Å². The van der Waals surface area contributed by atoms with Crippen LogP contribution in [0.4, 0.5) is 5.69 Å². The zero-order chi connectivity index (χ0) is 15.5. The third kappa shape index (κ3) is 3.72. The molecule has 0 saturated heterocycles. The zero-order valence-electron chi connectivity index (χ0n) is 11.2. The van der Waals surface area contributed by atoms with Gasteiger partial charge in [-0.1, -0.05) is 18.2 Å². The smallest absolute Gasteiger partial charge is 0.238 e. The van der Waals surface area contributed by atoms with Crippen molar-refractivity contribution < 1.29 is 18.3 Å². The highest BCUT2D eigenvalue weighted by molar-refractivity contribution is 7.89. The van der Waals surface area contributed by atoms with Crippen LogP contribution in [0.1, 0.15) is 5.56 Å². The molecule has 2 rings (SSSR count). The van der Waals surface area contributed by atoms with E-state index in [0.29, 0.717) is 17.9 Å². The lowest BCUT2D eigenvalue weighted by Gasteiger charge is -2.13. The fourth-order valence-corrected chi connectivity index (χ4v) is 2.36. The first-order valence-corrected chi connectivity index (χ1v) is 7.75. The molecule has 6 nitrogen and oxygen atoms in total. The summed E-state index contributed by atoms with van der Waals surface area (Å²) in [6, 6.07) is 11.1. The van der Waals surface area contributed by atoms with Crippen molar-refractivity contribution in [3.8, 4) is 11.5 Å². The number of nitrogen functional groups attached to an aromatic ring is 1. The number of nitrogens with two attached hydrogens (primary N) is 2. The van der Waals surface area contributed by atoms with E-state index in [1.54, 1.807) is 12.1 Å². The summed E-state index contributed by atoms with van der Waals surface area (Å²) >= 11 is 0. The van der Waals surface area contributed by atoms with Gasteiger partial charge in [-0.2, -0.15) is 0 Å². The summed E-state index contributed by atoms with van der Waals surface area (Å²) in [6.07, 6.45) is 0.422. The van der Waals surface area contributed by atoms with Gasteiger partial charge in [-0.15, -0.1) is 0 Å². The van der Waals surface area contributed by atoms with Crippen molar-refractivity contribution in [2.75, 3.05) is 12.3 Å². The fraction of sp³-hybridized carbons (Fsp3) is 0.143. The highest BCUT2D eigenvalue weighted by atomic mass is 32.2. The summed E-state index contributed by atoms with van der Waals surface area (Å²) in [5.74, 6) is 0.705. The Morgan fingerprint density at radius 1 is 1.10 bits per heavy atom. The standard InChI is InChI=1S/C14H16N2O4S/c15-12-6-5-11(21(16,18)19)9-14(12)20-13-4-2-1-3-10(13)7-8-17/h1-6,9,17H,7-8,15H2,(H2,16,18,19). The second-order valence-electron chi connectivity index (χ2n) is 4.43. The average Bonchev–Trinajstić information content (AvgIpc) is 2.42. The number of primary sulfonamides is 1. The van der Waals surface area contributed by atoms with Crippen LogP contribution >= 0.6 is 0 Å². The Morgan fingerprint density at radius 3 is 2.48 bits per heavy atom. The van der Waals surface area contributed by atoms with Gasteiger partial charge in [0, 0.05) is 12.7 Å². The molecule has 5 N–H and O–H groups in total. The van der Waals surface area contributed by atoms with Crippen LogP contribution in [0, 0.1) is 0 Å². The van der Waals surface area contributed by atoms with Crippen molar-refractivity contribution in [3.63, 3.8) is 0 Å². The van der Waals surface area contributed by atoms with Crippen LogP contribution in [-0.4, -0.2) is 20.1 Å². The number of benzene rings is 2. The summed E-state index contributed by atoms with van der Waals surface area (Å²) < 4.78 is 28.4. The molecule has 0 aliphatic carbocycles. The molecule has 0 spiro atoms. The van der Waals surface area contributed by atoms with Crippen molar-refractivity contribution in [1.29, 1.82) is 0 Å². The van der Waals surface area contributed by atoms with E-state index in [2.05, 4.69) is 0 Å². The van der Waals surface area contributed by atoms with Gasteiger partial charge in [0.2, 0.25) is 10.0 Å². The molecule has 112 valence electrons. The van der Waals surface area contributed by atoms with Crippen LogP contribution in [-0.2, 0) is 16.4 Å². The molecule has 0 atom stereocenters. The number of aliphatic hydroxyl groups is 1. The first-order valence-electron chi connectivity index (χ1n) is 6.21. The highest BCUT2D eigenvalue weighted by Gasteiger charge is 2.13. The molecule has 0 aliphatic rings. The van der Waals surface area contributed by atoms with Crippen molar-refractivity contribution >= 4 is 15.7 Å². The van der Waals surface area contributed by atoms with E-state index in [-0.39, 0.29) is 17.3 Å². The van der Waals surface area contributed by atoms with E-state index < -0.39 is 10.0 Å². The average molecular weight is 308 g/mol. The van der Waals surface area contributed by atoms with Gasteiger partial charge < -0.3 is 15.6 Å². The zero-order valence-corrected chi connectivity index (χ0v) is 12.0. The number of ether oxygens (including phenoxy) is 1. The Labute approximate surface area is 123 Å². The summed E-state index contributed by atoms with van der Waals surface area (Å²) in [5.41, 5.74) is 6.88. The van der Waals surface area contributed by atoms with Crippen LogP contribution in [0.2, 0.25) is 0 Å². The van der Waals surface area contributed by atoms with Crippen molar-refractivity contribution in [2.45, 2.75) is 11.3 Å².